The molecule has 0 saturated carbocycles. The smallest absolute Gasteiger partial charge is 0.315 e. The summed E-state index contributed by atoms with van der Waals surface area (Å²) in [6, 6.07) is 9.86. The minimum atomic E-state index is -0.393. The first-order valence-corrected chi connectivity index (χ1v) is 8.30. The number of imidazole rings is 1. The highest BCUT2D eigenvalue weighted by atomic mass is 16.3. The van der Waals surface area contributed by atoms with Crippen LogP contribution in [0.3, 0.4) is 0 Å². The average Bonchev–Trinajstić information content (AvgIpc) is 3.00. The summed E-state index contributed by atoms with van der Waals surface area (Å²) in [5.74, 6) is 0.997. The molecule has 1 unspecified atom stereocenters. The maximum atomic E-state index is 11.8. The van der Waals surface area contributed by atoms with Gasteiger partial charge in [-0.05, 0) is 17.9 Å². The van der Waals surface area contributed by atoms with E-state index in [1.807, 2.05) is 42.8 Å². The molecule has 1 atom stereocenters. The lowest BCUT2D eigenvalue weighted by Gasteiger charge is -2.15. The van der Waals surface area contributed by atoms with Gasteiger partial charge in [0, 0.05) is 25.5 Å². The standard InChI is InChI=1S/C18H26N4O2/c1-14(2)16(23)8-9-20-18(24)21-12-17-19-10-11-22(17)13-15-6-4-3-5-7-15/h3-7,10-11,14,16,23H,8-9,12-13H2,1-2H3,(H2,20,21,24). The molecule has 130 valence electrons. The fourth-order valence-corrected chi connectivity index (χ4v) is 2.32. The van der Waals surface area contributed by atoms with Crippen LogP contribution in [0.1, 0.15) is 31.7 Å². The quantitative estimate of drug-likeness (QED) is 0.694. The molecular weight excluding hydrogens is 304 g/mol. The van der Waals surface area contributed by atoms with Crippen molar-refractivity contribution < 1.29 is 9.90 Å². The molecule has 0 spiro atoms. The van der Waals surface area contributed by atoms with E-state index in [0.717, 1.165) is 12.4 Å². The Morgan fingerprint density at radius 3 is 2.71 bits per heavy atom. The van der Waals surface area contributed by atoms with Crippen LogP contribution in [0.5, 0.6) is 0 Å². The summed E-state index contributed by atoms with van der Waals surface area (Å²) in [6.45, 7) is 5.44. The Bertz CT molecular complexity index is 625. The lowest BCUT2D eigenvalue weighted by Crippen LogP contribution is -2.37. The second-order valence-corrected chi connectivity index (χ2v) is 6.17. The van der Waals surface area contributed by atoms with Gasteiger partial charge >= 0.3 is 6.03 Å². The Labute approximate surface area is 142 Å². The molecule has 0 fully saturated rings. The highest BCUT2D eigenvalue weighted by Gasteiger charge is 2.10. The van der Waals surface area contributed by atoms with Crippen molar-refractivity contribution in [3.8, 4) is 0 Å². The van der Waals surface area contributed by atoms with Crippen LogP contribution in [0.2, 0.25) is 0 Å². The molecule has 2 amide bonds. The van der Waals surface area contributed by atoms with Gasteiger partial charge in [0.05, 0.1) is 12.6 Å². The molecule has 0 aliphatic carbocycles. The van der Waals surface area contributed by atoms with Crippen molar-refractivity contribution in [3.63, 3.8) is 0 Å². The zero-order valence-electron chi connectivity index (χ0n) is 14.3. The Morgan fingerprint density at radius 1 is 1.25 bits per heavy atom. The minimum Gasteiger partial charge on any atom is -0.393 e. The molecular formula is C18H26N4O2. The number of aliphatic hydroxyl groups excluding tert-OH is 1. The van der Waals surface area contributed by atoms with Crippen molar-refractivity contribution in [1.82, 2.24) is 20.2 Å². The van der Waals surface area contributed by atoms with Gasteiger partial charge in [-0.15, -0.1) is 0 Å². The Balaban J connectivity index is 1.76. The van der Waals surface area contributed by atoms with Crippen LogP contribution in [0.25, 0.3) is 0 Å². The number of carbonyl (C=O) groups excluding carboxylic acids is 1. The highest BCUT2D eigenvalue weighted by molar-refractivity contribution is 5.73. The lowest BCUT2D eigenvalue weighted by molar-refractivity contribution is 0.116. The zero-order chi connectivity index (χ0) is 17.4. The van der Waals surface area contributed by atoms with Gasteiger partial charge < -0.3 is 20.3 Å². The van der Waals surface area contributed by atoms with Crippen LogP contribution in [0.15, 0.2) is 42.7 Å². The van der Waals surface area contributed by atoms with Crippen LogP contribution in [0.4, 0.5) is 4.79 Å². The number of nitrogens with one attached hydrogen (secondary N) is 2. The zero-order valence-corrected chi connectivity index (χ0v) is 14.3. The largest absolute Gasteiger partial charge is 0.393 e. The van der Waals surface area contributed by atoms with E-state index < -0.39 is 6.10 Å². The SMILES string of the molecule is CC(C)C(O)CCNC(=O)NCc1nccn1Cc1ccccc1. The monoisotopic (exact) mass is 330 g/mol. The maximum Gasteiger partial charge on any atom is 0.315 e. The molecule has 24 heavy (non-hydrogen) atoms. The van der Waals surface area contributed by atoms with Gasteiger partial charge in [0.25, 0.3) is 0 Å². The van der Waals surface area contributed by atoms with Gasteiger partial charge in [-0.25, -0.2) is 9.78 Å². The maximum absolute atomic E-state index is 11.8. The average molecular weight is 330 g/mol. The third-order valence-electron chi connectivity index (χ3n) is 3.90. The molecule has 0 saturated heterocycles. The number of hydrogen-bond acceptors (Lipinski definition) is 3. The Hall–Kier alpha value is -2.34. The summed E-state index contributed by atoms with van der Waals surface area (Å²) in [4.78, 5) is 16.1. The lowest BCUT2D eigenvalue weighted by atomic mass is 10.0. The van der Waals surface area contributed by atoms with Crippen LogP contribution in [0, 0.1) is 5.92 Å². The molecule has 6 heteroatoms. The van der Waals surface area contributed by atoms with Crippen molar-refractivity contribution in [3.05, 3.63) is 54.1 Å². The normalized spacial score (nSPS) is 12.2. The van der Waals surface area contributed by atoms with Crippen LogP contribution in [-0.2, 0) is 13.1 Å². The Morgan fingerprint density at radius 2 is 2.00 bits per heavy atom. The third-order valence-corrected chi connectivity index (χ3v) is 3.90. The Kier molecular flexibility index (Phi) is 6.81. The van der Waals surface area contributed by atoms with Crippen molar-refractivity contribution in [2.45, 2.75) is 39.5 Å². The highest BCUT2D eigenvalue weighted by Crippen LogP contribution is 2.06. The van der Waals surface area contributed by atoms with E-state index in [2.05, 4.69) is 27.8 Å². The van der Waals surface area contributed by atoms with Crippen molar-refractivity contribution in [2.75, 3.05) is 6.54 Å². The van der Waals surface area contributed by atoms with Crippen molar-refractivity contribution >= 4 is 6.03 Å². The van der Waals surface area contributed by atoms with E-state index in [1.54, 1.807) is 6.20 Å². The first-order chi connectivity index (χ1) is 11.6. The van der Waals surface area contributed by atoms with Crippen LogP contribution < -0.4 is 10.6 Å². The number of urea groups is 1. The molecule has 6 nitrogen and oxygen atoms in total. The molecule has 0 radical (unpaired) electrons. The summed E-state index contributed by atoms with van der Waals surface area (Å²) < 4.78 is 2.01. The topological polar surface area (TPSA) is 79.2 Å². The van der Waals surface area contributed by atoms with Crippen LogP contribution in [-0.4, -0.2) is 33.3 Å². The molecule has 1 aromatic heterocycles. The number of aromatic nitrogens is 2. The minimum absolute atomic E-state index is 0.195. The van der Waals surface area contributed by atoms with E-state index in [4.69, 9.17) is 0 Å². The van der Waals surface area contributed by atoms with Crippen molar-refractivity contribution in [1.29, 1.82) is 0 Å². The molecule has 0 aliphatic heterocycles. The summed E-state index contributed by atoms with van der Waals surface area (Å²) in [5, 5.41) is 15.3. The van der Waals surface area contributed by atoms with E-state index in [1.165, 1.54) is 5.56 Å². The molecule has 0 bridgehead atoms. The van der Waals surface area contributed by atoms with E-state index in [0.29, 0.717) is 19.5 Å². The molecule has 2 rings (SSSR count). The summed E-state index contributed by atoms with van der Waals surface area (Å²) in [6.07, 6.45) is 3.79. The van der Waals surface area contributed by atoms with Crippen LogP contribution >= 0.6 is 0 Å². The number of rotatable bonds is 8. The number of carbonyl (C=O) groups is 1. The van der Waals surface area contributed by atoms with Crippen molar-refractivity contribution in [2.24, 2.45) is 5.92 Å². The number of benzene rings is 1. The predicted molar refractivity (Wildman–Crippen MR) is 93.5 cm³/mol. The molecule has 1 heterocycles. The fourth-order valence-electron chi connectivity index (χ4n) is 2.32. The predicted octanol–water partition coefficient (Wildman–Crippen LogP) is 2.14. The van der Waals surface area contributed by atoms with Gasteiger partial charge in [-0.3, -0.25) is 0 Å². The number of amides is 2. The van der Waals surface area contributed by atoms with Gasteiger partial charge in [0.15, 0.2) is 0 Å². The number of aliphatic hydroxyl groups is 1. The fraction of sp³-hybridized carbons (Fsp3) is 0.444. The first kappa shape index (κ1) is 18.0. The number of hydrogen-bond donors (Lipinski definition) is 3. The second-order valence-electron chi connectivity index (χ2n) is 6.17. The van der Waals surface area contributed by atoms with Gasteiger partial charge in [0.1, 0.15) is 5.82 Å². The van der Waals surface area contributed by atoms with E-state index in [9.17, 15) is 9.90 Å². The van der Waals surface area contributed by atoms with E-state index in [-0.39, 0.29) is 11.9 Å². The molecule has 1 aromatic carbocycles. The third kappa shape index (κ3) is 5.70. The molecule has 3 N–H and O–H groups in total. The van der Waals surface area contributed by atoms with E-state index >= 15 is 0 Å². The molecule has 2 aromatic rings. The first-order valence-electron chi connectivity index (χ1n) is 8.30. The second kappa shape index (κ2) is 9.08. The van der Waals surface area contributed by atoms with Gasteiger partial charge in [0.2, 0.25) is 0 Å². The number of nitrogens with zero attached hydrogens (tertiary/aromatic N) is 2. The van der Waals surface area contributed by atoms with Gasteiger partial charge in [-0.1, -0.05) is 44.2 Å². The summed E-state index contributed by atoms with van der Waals surface area (Å²) >= 11 is 0. The molecule has 0 aliphatic rings. The summed E-state index contributed by atoms with van der Waals surface area (Å²) in [7, 11) is 0. The summed E-state index contributed by atoms with van der Waals surface area (Å²) in [5.41, 5.74) is 1.18. The van der Waals surface area contributed by atoms with Gasteiger partial charge in [-0.2, -0.15) is 0 Å².